The number of hydrogen-bond acceptors (Lipinski definition) is 3. The smallest absolute Gasteiger partial charge is 0.274 e. The molecule has 1 unspecified atom stereocenters. The zero-order valence-corrected chi connectivity index (χ0v) is 8.69. The summed E-state index contributed by atoms with van der Waals surface area (Å²) in [5.41, 5.74) is 2.25. The number of halogens is 1. The summed E-state index contributed by atoms with van der Waals surface area (Å²) in [5.74, 6) is -0.625. The first-order chi connectivity index (χ1) is 5.89. The predicted molar refractivity (Wildman–Crippen MR) is 48.8 cm³/mol. The molecular formula is C9H18FNO2. The van der Waals surface area contributed by atoms with E-state index in [2.05, 4.69) is 10.3 Å². The second kappa shape index (κ2) is 5.29. The first kappa shape index (κ1) is 12.5. The largest absolute Gasteiger partial charge is 0.294 e. The highest BCUT2D eigenvalue weighted by Crippen LogP contribution is 2.11. The first-order valence-corrected chi connectivity index (χ1v) is 4.46. The van der Waals surface area contributed by atoms with E-state index in [1.165, 1.54) is 0 Å². The van der Waals surface area contributed by atoms with Gasteiger partial charge in [-0.2, -0.15) is 5.48 Å². The van der Waals surface area contributed by atoms with E-state index in [0.717, 1.165) is 19.8 Å². The van der Waals surface area contributed by atoms with E-state index < -0.39 is 12.1 Å². The predicted octanol–water partition coefficient (Wildman–Crippen LogP) is 1.97. The van der Waals surface area contributed by atoms with E-state index in [9.17, 15) is 9.18 Å². The number of rotatable bonds is 6. The van der Waals surface area contributed by atoms with Crippen molar-refractivity contribution < 1.29 is 14.0 Å². The van der Waals surface area contributed by atoms with Crippen molar-refractivity contribution in [2.45, 2.75) is 52.4 Å². The van der Waals surface area contributed by atoms with Crippen LogP contribution in [0.5, 0.6) is 0 Å². The van der Waals surface area contributed by atoms with Gasteiger partial charge in [-0.15, -0.1) is 0 Å². The van der Waals surface area contributed by atoms with E-state index >= 15 is 0 Å². The molecule has 0 rings (SSSR count). The van der Waals surface area contributed by atoms with Gasteiger partial charge in [-0.3, -0.25) is 9.63 Å². The molecule has 0 bridgehead atoms. The van der Waals surface area contributed by atoms with Gasteiger partial charge in [-0.1, -0.05) is 13.3 Å². The summed E-state index contributed by atoms with van der Waals surface area (Å²) in [6.07, 6.45) is -0.0333. The lowest BCUT2D eigenvalue weighted by Crippen LogP contribution is -2.42. The van der Waals surface area contributed by atoms with Gasteiger partial charge in [-0.25, -0.2) is 4.39 Å². The Morgan fingerprint density at radius 3 is 2.54 bits per heavy atom. The summed E-state index contributed by atoms with van der Waals surface area (Å²) in [4.78, 5) is 15.0. The third kappa shape index (κ3) is 5.71. The minimum Gasteiger partial charge on any atom is -0.294 e. The molecule has 0 heterocycles. The zero-order valence-electron chi connectivity index (χ0n) is 8.69. The van der Waals surface area contributed by atoms with E-state index in [4.69, 9.17) is 0 Å². The summed E-state index contributed by atoms with van der Waals surface area (Å²) in [5, 5.41) is 0. The molecule has 0 saturated carbocycles. The highest BCUT2D eigenvalue weighted by atomic mass is 19.1. The Morgan fingerprint density at radius 2 is 2.15 bits per heavy atom. The van der Waals surface area contributed by atoms with E-state index in [0.29, 0.717) is 0 Å². The molecule has 0 saturated heterocycles. The third-order valence-corrected chi connectivity index (χ3v) is 1.63. The molecule has 13 heavy (non-hydrogen) atoms. The van der Waals surface area contributed by atoms with Gasteiger partial charge in [0.25, 0.3) is 6.36 Å². The lowest BCUT2D eigenvalue weighted by molar-refractivity contribution is -0.159. The molecule has 3 nitrogen and oxygen atoms in total. The molecule has 0 spiro atoms. The highest BCUT2D eigenvalue weighted by Gasteiger charge is 2.20. The summed E-state index contributed by atoms with van der Waals surface area (Å²) in [6, 6.07) is 0. The zero-order chi connectivity index (χ0) is 10.5. The average Bonchev–Trinajstić information content (AvgIpc) is 2.00. The molecule has 0 aromatic heterocycles. The fourth-order valence-corrected chi connectivity index (χ4v) is 0.970. The van der Waals surface area contributed by atoms with Gasteiger partial charge in [0.05, 0.1) is 0 Å². The molecule has 0 aliphatic heterocycles. The van der Waals surface area contributed by atoms with Gasteiger partial charge < -0.3 is 0 Å². The van der Waals surface area contributed by atoms with E-state index in [-0.39, 0.29) is 5.54 Å². The van der Waals surface area contributed by atoms with Crippen molar-refractivity contribution in [3.05, 3.63) is 0 Å². The number of carbonyl (C=O) groups excluding carboxylic acids is 1. The molecule has 0 fully saturated rings. The molecule has 0 aromatic rings. The number of hydroxylamine groups is 1. The fourth-order valence-electron chi connectivity index (χ4n) is 0.970. The van der Waals surface area contributed by atoms with Crippen LogP contribution in [0.1, 0.15) is 40.5 Å². The standard InChI is InChI=1S/C9H18FNO2/c1-5-6-9(3,4)11-13-8(10)7(2)12/h8,11H,5-6H2,1-4H3. The minimum atomic E-state index is -1.86. The van der Waals surface area contributed by atoms with Gasteiger partial charge >= 0.3 is 0 Å². The van der Waals surface area contributed by atoms with Crippen LogP contribution in [0, 0.1) is 0 Å². The maximum Gasteiger partial charge on any atom is 0.274 e. The van der Waals surface area contributed by atoms with Crippen molar-refractivity contribution in [2.24, 2.45) is 0 Å². The summed E-state index contributed by atoms with van der Waals surface area (Å²) in [6.45, 7) is 6.97. The quantitative estimate of drug-likeness (QED) is 0.652. The van der Waals surface area contributed by atoms with Gasteiger partial charge in [0.2, 0.25) is 0 Å². The van der Waals surface area contributed by atoms with Gasteiger partial charge in [0, 0.05) is 12.5 Å². The summed E-state index contributed by atoms with van der Waals surface area (Å²) in [7, 11) is 0. The molecule has 4 heteroatoms. The topological polar surface area (TPSA) is 38.3 Å². The second-order valence-corrected chi connectivity index (χ2v) is 3.78. The molecule has 1 N–H and O–H groups in total. The van der Waals surface area contributed by atoms with Crippen molar-refractivity contribution >= 4 is 5.78 Å². The second-order valence-electron chi connectivity index (χ2n) is 3.78. The SMILES string of the molecule is CCCC(C)(C)NOC(F)C(C)=O. The first-order valence-electron chi connectivity index (χ1n) is 4.46. The molecule has 0 radical (unpaired) electrons. The van der Waals surface area contributed by atoms with Crippen LogP contribution in [0.25, 0.3) is 0 Å². The highest BCUT2D eigenvalue weighted by molar-refractivity contribution is 5.78. The normalized spacial score (nSPS) is 14.2. The summed E-state index contributed by atoms with van der Waals surface area (Å²) < 4.78 is 12.7. The van der Waals surface area contributed by atoms with Crippen LogP contribution >= 0.6 is 0 Å². The van der Waals surface area contributed by atoms with Crippen molar-refractivity contribution in [1.29, 1.82) is 0 Å². The maximum absolute atomic E-state index is 12.7. The minimum absolute atomic E-state index is 0.297. The van der Waals surface area contributed by atoms with Crippen molar-refractivity contribution in [1.82, 2.24) is 5.48 Å². The van der Waals surface area contributed by atoms with E-state index in [1.54, 1.807) is 0 Å². The van der Waals surface area contributed by atoms with Gasteiger partial charge in [-0.05, 0) is 20.3 Å². The Balaban J connectivity index is 3.80. The van der Waals surface area contributed by atoms with Crippen LogP contribution in [-0.4, -0.2) is 17.7 Å². The summed E-state index contributed by atoms with van der Waals surface area (Å²) >= 11 is 0. The van der Waals surface area contributed by atoms with Crippen LogP contribution in [0.2, 0.25) is 0 Å². The van der Waals surface area contributed by atoms with E-state index in [1.807, 2.05) is 20.8 Å². The number of ketones is 1. The van der Waals surface area contributed by atoms with Crippen molar-refractivity contribution in [3.63, 3.8) is 0 Å². The molecule has 0 aliphatic rings. The van der Waals surface area contributed by atoms with Gasteiger partial charge in [0.15, 0.2) is 5.78 Å². The number of hydrogen-bond donors (Lipinski definition) is 1. The molecule has 0 aliphatic carbocycles. The third-order valence-electron chi connectivity index (χ3n) is 1.63. The lowest BCUT2D eigenvalue weighted by Gasteiger charge is -2.25. The molecule has 0 aromatic carbocycles. The molecule has 0 amide bonds. The van der Waals surface area contributed by atoms with Crippen LogP contribution in [0.3, 0.4) is 0 Å². The molecule has 78 valence electrons. The fraction of sp³-hybridized carbons (Fsp3) is 0.889. The Labute approximate surface area is 78.6 Å². The van der Waals surface area contributed by atoms with Crippen LogP contribution < -0.4 is 5.48 Å². The Morgan fingerprint density at radius 1 is 1.62 bits per heavy atom. The molecule has 1 atom stereocenters. The van der Waals surface area contributed by atoms with Crippen LogP contribution in [0.15, 0.2) is 0 Å². The number of alkyl halides is 1. The average molecular weight is 191 g/mol. The van der Waals surface area contributed by atoms with Crippen LogP contribution in [-0.2, 0) is 9.63 Å². The van der Waals surface area contributed by atoms with Crippen molar-refractivity contribution in [3.8, 4) is 0 Å². The Hall–Kier alpha value is -0.480. The lowest BCUT2D eigenvalue weighted by atomic mass is 10.0. The Kier molecular flexibility index (Phi) is 5.10. The monoisotopic (exact) mass is 191 g/mol. The number of carbonyl (C=O) groups is 1. The van der Waals surface area contributed by atoms with Crippen LogP contribution in [0.4, 0.5) is 4.39 Å². The number of nitrogens with one attached hydrogen (secondary N) is 1. The molecular weight excluding hydrogens is 173 g/mol. The maximum atomic E-state index is 12.7. The number of Topliss-reactive ketones (excluding diaryl/α,β-unsaturated/α-hetero) is 1. The van der Waals surface area contributed by atoms with Crippen molar-refractivity contribution in [2.75, 3.05) is 0 Å². The Bertz CT molecular complexity index is 171. The van der Waals surface area contributed by atoms with Gasteiger partial charge in [0.1, 0.15) is 0 Å².